The van der Waals surface area contributed by atoms with Gasteiger partial charge in [-0.3, -0.25) is 20.2 Å². The maximum absolute atomic E-state index is 10.8. The van der Waals surface area contributed by atoms with Gasteiger partial charge in [0.25, 0.3) is 0 Å². The van der Waals surface area contributed by atoms with Gasteiger partial charge in [-0.05, 0) is 6.07 Å². The van der Waals surface area contributed by atoms with E-state index in [1.165, 1.54) is 25.3 Å². The standard InChI is InChI=1S/C11H9N5O4/c1-6(9-3-4-10(20-9)16(18)19)8-5-12-11(15-14-8)13-7(2)17/h3-5H,1H2,2H3,(H,12,13,15,17). The summed E-state index contributed by atoms with van der Waals surface area (Å²) in [6.45, 7) is 5.03. The predicted molar refractivity (Wildman–Crippen MR) is 67.6 cm³/mol. The number of anilines is 1. The quantitative estimate of drug-likeness (QED) is 0.660. The summed E-state index contributed by atoms with van der Waals surface area (Å²) >= 11 is 0. The second kappa shape index (κ2) is 5.26. The molecule has 1 amide bonds. The molecule has 0 saturated carbocycles. The van der Waals surface area contributed by atoms with E-state index in [0.29, 0.717) is 5.57 Å². The first-order valence-corrected chi connectivity index (χ1v) is 5.38. The second-order valence-electron chi connectivity index (χ2n) is 3.72. The SMILES string of the molecule is C=C(c1cnc(NC(C)=O)nn1)c1ccc([N+](=O)[O-])o1. The number of carbonyl (C=O) groups is 1. The minimum absolute atomic E-state index is 0.0551. The van der Waals surface area contributed by atoms with Gasteiger partial charge < -0.3 is 4.42 Å². The Morgan fingerprint density at radius 1 is 1.45 bits per heavy atom. The molecule has 0 aromatic carbocycles. The van der Waals surface area contributed by atoms with Crippen molar-refractivity contribution in [2.24, 2.45) is 0 Å². The van der Waals surface area contributed by atoms with E-state index in [0.717, 1.165) is 0 Å². The Morgan fingerprint density at radius 2 is 2.20 bits per heavy atom. The van der Waals surface area contributed by atoms with Gasteiger partial charge in [-0.1, -0.05) is 6.58 Å². The van der Waals surface area contributed by atoms with E-state index in [1.54, 1.807) is 0 Å². The van der Waals surface area contributed by atoms with Crippen LogP contribution in [0.25, 0.3) is 5.57 Å². The van der Waals surface area contributed by atoms with Crippen molar-refractivity contribution in [2.45, 2.75) is 6.92 Å². The van der Waals surface area contributed by atoms with Crippen LogP contribution in [0.5, 0.6) is 0 Å². The molecule has 9 nitrogen and oxygen atoms in total. The second-order valence-corrected chi connectivity index (χ2v) is 3.72. The van der Waals surface area contributed by atoms with Crippen molar-refractivity contribution >= 4 is 23.3 Å². The molecule has 0 aliphatic rings. The average molecular weight is 275 g/mol. The van der Waals surface area contributed by atoms with Gasteiger partial charge in [0.1, 0.15) is 16.4 Å². The summed E-state index contributed by atoms with van der Waals surface area (Å²) in [5, 5.41) is 20.4. The van der Waals surface area contributed by atoms with Crippen LogP contribution in [-0.2, 0) is 4.79 Å². The topological polar surface area (TPSA) is 124 Å². The van der Waals surface area contributed by atoms with E-state index in [9.17, 15) is 14.9 Å². The maximum Gasteiger partial charge on any atom is 0.433 e. The van der Waals surface area contributed by atoms with E-state index in [1.807, 2.05) is 0 Å². The highest BCUT2D eigenvalue weighted by atomic mass is 16.6. The fraction of sp³-hybridized carbons (Fsp3) is 0.0909. The van der Waals surface area contributed by atoms with Crippen LogP contribution in [0.2, 0.25) is 0 Å². The summed E-state index contributed by atoms with van der Waals surface area (Å²) in [6, 6.07) is 2.62. The normalized spacial score (nSPS) is 10.1. The van der Waals surface area contributed by atoms with Crippen molar-refractivity contribution in [2.75, 3.05) is 5.32 Å². The van der Waals surface area contributed by atoms with Gasteiger partial charge in [0.15, 0.2) is 0 Å². The van der Waals surface area contributed by atoms with Crippen molar-refractivity contribution in [3.05, 3.63) is 46.5 Å². The van der Waals surface area contributed by atoms with Crippen LogP contribution in [0.3, 0.4) is 0 Å². The molecular formula is C11H9N5O4. The van der Waals surface area contributed by atoms with Gasteiger partial charge in [0.2, 0.25) is 11.9 Å². The Kier molecular flexibility index (Phi) is 3.51. The predicted octanol–water partition coefficient (Wildman–Crippen LogP) is 1.39. The van der Waals surface area contributed by atoms with Gasteiger partial charge in [-0.15, -0.1) is 10.2 Å². The highest BCUT2D eigenvalue weighted by molar-refractivity contribution is 5.86. The zero-order valence-corrected chi connectivity index (χ0v) is 10.4. The maximum atomic E-state index is 10.8. The third-order valence-corrected chi connectivity index (χ3v) is 2.23. The van der Waals surface area contributed by atoms with Crippen molar-refractivity contribution in [1.29, 1.82) is 0 Å². The fourth-order valence-corrected chi connectivity index (χ4v) is 1.34. The average Bonchev–Trinajstić information content (AvgIpc) is 2.88. The number of aromatic nitrogens is 3. The summed E-state index contributed by atoms with van der Waals surface area (Å²) in [5.41, 5.74) is 0.579. The molecule has 2 heterocycles. The minimum atomic E-state index is -0.652. The molecule has 20 heavy (non-hydrogen) atoms. The number of furan rings is 1. The van der Waals surface area contributed by atoms with Crippen LogP contribution >= 0.6 is 0 Å². The first-order valence-electron chi connectivity index (χ1n) is 5.38. The number of nitrogens with zero attached hydrogens (tertiary/aromatic N) is 4. The number of nitrogens with one attached hydrogen (secondary N) is 1. The van der Waals surface area contributed by atoms with Crippen molar-refractivity contribution < 1.29 is 14.1 Å². The summed E-state index contributed by atoms with van der Waals surface area (Å²) in [4.78, 5) is 24.5. The molecule has 0 unspecified atom stereocenters. The van der Waals surface area contributed by atoms with Gasteiger partial charge in [-0.25, -0.2) is 4.98 Å². The Labute approximate surface area is 112 Å². The Balaban J connectivity index is 2.20. The number of rotatable bonds is 4. The molecule has 0 spiro atoms. The lowest BCUT2D eigenvalue weighted by atomic mass is 10.2. The van der Waals surface area contributed by atoms with Gasteiger partial charge in [-0.2, -0.15) is 0 Å². The van der Waals surface area contributed by atoms with Crippen molar-refractivity contribution in [1.82, 2.24) is 15.2 Å². The van der Waals surface area contributed by atoms with Crippen molar-refractivity contribution in [3.8, 4) is 0 Å². The lowest BCUT2D eigenvalue weighted by Gasteiger charge is -2.02. The van der Waals surface area contributed by atoms with E-state index >= 15 is 0 Å². The molecule has 2 aromatic rings. The molecule has 0 aliphatic carbocycles. The zero-order valence-electron chi connectivity index (χ0n) is 10.4. The Morgan fingerprint density at radius 3 is 2.70 bits per heavy atom. The number of amides is 1. The van der Waals surface area contributed by atoms with Crippen LogP contribution in [-0.4, -0.2) is 26.0 Å². The van der Waals surface area contributed by atoms with Crippen molar-refractivity contribution in [3.63, 3.8) is 0 Å². The first kappa shape index (κ1) is 13.3. The summed E-state index contributed by atoms with van der Waals surface area (Å²) in [6.07, 6.45) is 1.33. The molecule has 0 radical (unpaired) electrons. The number of hydrogen-bond donors (Lipinski definition) is 1. The highest BCUT2D eigenvalue weighted by Gasteiger charge is 2.16. The molecule has 0 fully saturated rings. The van der Waals surface area contributed by atoms with Gasteiger partial charge in [0, 0.05) is 12.5 Å². The van der Waals surface area contributed by atoms with E-state index in [2.05, 4.69) is 27.1 Å². The van der Waals surface area contributed by atoms with E-state index in [4.69, 9.17) is 4.42 Å². The first-order chi connectivity index (χ1) is 9.47. The Hall–Kier alpha value is -3.10. The smallest absolute Gasteiger partial charge is 0.401 e. The molecule has 0 saturated heterocycles. The summed E-state index contributed by atoms with van der Waals surface area (Å²) in [7, 11) is 0. The zero-order chi connectivity index (χ0) is 14.7. The number of carbonyl (C=O) groups excluding carboxylic acids is 1. The molecule has 2 aromatic heterocycles. The molecule has 1 N–H and O–H groups in total. The molecule has 0 bridgehead atoms. The summed E-state index contributed by atoms with van der Waals surface area (Å²) < 4.78 is 4.99. The fourth-order valence-electron chi connectivity index (χ4n) is 1.34. The molecule has 0 atom stereocenters. The van der Waals surface area contributed by atoms with Gasteiger partial charge in [0.05, 0.1) is 12.3 Å². The highest BCUT2D eigenvalue weighted by Crippen LogP contribution is 2.24. The summed E-state index contributed by atoms with van der Waals surface area (Å²) in [5.74, 6) is -0.462. The van der Waals surface area contributed by atoms with Crippen LogP contribution in [0.4, 0.5) is 11.8 Å². The molecule has 9 heteroatoms. The van der Waals surface area contributed by atoms with Crippen LogP contribution < -0.4 is 5.32 Å². The Bertz CT molecular complexity index is 676. The lowest BCUT2D eigenvalue weighted by Crippen LogP contribution is -2.10. The largest absolute Gasteiger partial charge is 0.433 e. The third kappa shape index (κ3) is 2.83. The van der Waals surface area contributed by atoms with Crippen LogP contribution in [0, 0.1) is 10.1 Å². The molecule has 0 aliphatic heterocycles. The number of nitro groups is 1. The minimum Gasteiger partial charge on any atom is -0.401 e. The van der Waals surface area contributed by atoms with E-state index < -0.39 is 10.8 Å². The lowest BCUT2D eigenvalue weighted by molar-refractivity contribution is -0.402. The van der Waals surface area contributed by atoms with E-state index in [-0.39, 0.29) is 23.3 Å². The monoisotopic (exact) mass is 275 g/mol. The van der Waals surface area contributed by atoms with Gasteiger partial charge >= 0.3 is 5.88 Å². The number of hydrogen-bond acceptors (Lipinski definition) is 7. The third-order valence-electron chi connectivity index (χ3n) is 2.23. The van der Waals surface area contributed by atoms with Crippen LogP contribution in [0.15, 0.2) is 29.3 Å². The van der Waals surface area contributed by atoms with Crippen LogP contribution in [0.1, 0.15) is 18.4 Å². The molecule has 102 valence electrons. The molecule has 2 rings (SSSR count). The molecular weight excluding hydrogens is 266 g/mol.